The fourth-order valence-electron chi connectivity index (χ4n) is 4.06. The highest BCUT2D eigenvalue weighted by atomic mass is 35.5. The number of benzene rings is 1. The number of aromatic nitrogens is 2. The van der Waals surface area contributed by atoms with Crippen LogP contribution >= 0.6 is 11.6 Å². The molecule has 0 amide bonds. The van der Waals surface area contributed by atoms with Gasteiger partial charge in [0.1, 0.15) is 17.3 Å². The molecule has 3 rings (SSSR count). The van der Waals surface area contributed by atoms with Gasteiger partial charge in [-0.2, -0.15) is 0 Å². The molecule has 1 fully saturated rings. The highest BCUT2D eigenvalue weighted by Gasteiger charge is 2.25. The molecule has 9 heteroatoms. The van der Waals surface area contributed by atoms with Crippen LogP contribution in [0.2, 0.25) is 5.02 Å². The van der Waals surface area contributed by atoms with Crippen LogP contribution in [0, 0.1) is 17.7 Å². The number of piperidine rings is 1. The van der Waals surface area contributed by atoms with Crippen LogP contribution < -0.4 is 14.4 Å². The molecule has 0 bridgehead atoms. The first-order chi connectivity index (χ1) is 15.4. The quantitative estimate of drug-likeness (QED) is 0.548. The molecular weight excluding hydrogens is 437 g/mol. The Morgan fingerprint density at radius 2 is 2.00 bits per heavy atom. The molecule has 1 aromatic carbocycles. The number of anilines is 1. The average molecular weight is 466 g/mol. The summed E-state index contributed by atoms with van der Waals surface area (Å²) in [5.74, 6) is 0.965. The van der Waals surface area contributed by atoms with E-state index in [0.717, 1.165) is 32.4 Å². The maximum Gasteiger partial charge on any atom is 0.303 e. The van der Waals surface area contributed by atoms with Gasteiger partial charge in [0.15, 0.2) is 0 Å². The molecule has 0 spiro atoms. The van der Waals surface area contributed by atoms with Gasteiger partial charge < -0.3 is 19.5 Å². The summed E-state index contributed by atoms with van der Waals surface area (Å²) < 4.78 is 25.5. The van der Waals surface area contributed by atoms with E-state index in [1.165, 1.54) is 13.2 Å². The third-order valence-corrected chi connectivity index (χ3v) is 6.21. The van der Waals surface area contributed by atoms with Crippen LogP contribution in [-0.4, -0.2) is 47.8 Å². The predicted molar refractivity (Wildman–Crippen MR) is 120 cm³/mol. The Labute approximate surface area is 192 Å². The van der Waals surface area contributed by atoms with Gasteiger partial charge in [-0.3, -0.25) is 4.79 Å². The van der Waals surface area contributed by atoms with E-state index in [-0.39, 0.29) is 18.4 Å². The largest absolute Gasteiger partial charge is 0.496 e. The number of rotatable bonds is 10. The molecule has 7 nitrogen and oxygen atoms in total. The van der Waals surface area contributed by atoms with Crippen molar-refractivity contribution in [1.82, 2.24) is 9.97 Å². The summed E-state index contributed by atoms with van der Waals surface area (Å²) in [7, 11) is 1.44. The fourth-order valence-corrected chi connectivity index (χ4v) is 4.16. The third-order valence-electron chi connectivity index (χ3n) is 6.01. The van der Waals surface area contributed by atoms with Crippen molar-refractivity contribution in [3.63, 3.8) is 0 Å². The first kappa shape index (κ1) is 24.0. The molecule has 0 aliphatic carbocycles. The Hall–Kier alpha value is -2.61. The molecule has 0 saturated carbocycles. The van der Waals surface area contributed by atoms with Crippen LogP contribution in [0.3, 0.4) is 0 Å². The molecule has 1 N–H and O–H groups in total. The van der Waals surface area contributed by atoms with Gasteiger partial charge in [-0.05, 0) is 37.5 Å². The van der Waals surface area contributed by atoms with Crippen LogP contribution in [-0.2, 0) is 11.2 Å². The molecule has 1 aliphatic heterocycles. The molecule has 1 aliphatic rings. The predicted octanol–water partition coefficient (Wildman–Crippen LogP) is 4.62. The van der Waals surface area contributed by atoms with Crippen LogP contribution in [0.15, 0.2) is 24.5 Å². The van der Waals surface area contributed by atoms with Crippen molar-refractivity contribution in [3.8, 4) is 11.5 Å². The smallest absolute Gasteiger partial charge is 0.303 e. The SMILES string of the molecule is COc1cc(OCC[C@@H](C)C2CCN(c3ncc(Cl)cn3)CC2)cc(F)c1CCC(=O)O. The lowest BCUT2D eigenvalue weighted by atomic mass is 9.84. The zero-order valence-electron chi connectivity index (χ0n) is 18.4. The zero-order valence-corrected chi connectivity index (χ0v) is 19.1. The first-order valence-electron chi connectivity index (χ1n) is 10.8. The fraction of sp³-hybridized carbons (Fsp3) is 0.522. The zero-order chi connectivity index (χ0) is 23.1. The molecule has 174 valence electrons. The number of aliphatic carboxylic acids is 1. The highest BCUT2D eigenvalue weighted by molar-refractivity contribution is 6.30. The Morgan fingerprint density at radius 3 is 2.62 bits per heavy atom. The number of methoxy groups -OCH3 is 1. The van der Waals surface area contributed by atoms with E-state index in [1.807, 2.05) is 0 Å². The van der Waals surface area contributed by atoms with Crippen molar-refractivity contribution in [1.29, 1.82) is 0 Å². The summed E-state index contributed by atoms with van der Waals surface area (Å²) >= 11 is 5.86. The van der Waals surface area contributed by atoms with Gasteiger partial charge in [0.25, 0.3) is 0 Å². The lowest BCUT2D eigenvalue weighted by Gasteiger charge is -2.34. The summed E-state index contributed by atoms with van der Waals surface area (Å²) in [6.45, 7) is 4.49. The molecule has 32 heavy (non-hydrogen) atoms. The minimum absolute atomic E-state index is 0.0708. The van der Waals surface area contributed by atoms with E-state index < -0.39 is 11.8 Å². The number of nitrogens with zero attached hydrogens (tertiary/aromatic N) is 3. The maximum absolute atomic E-state index is 14.4. The van der Waals surface area contributed by atoms with Crippen molar-refractivity contribution in [2.75, 3.05) is 31.7 Å². The van der Waals surface area contributed by atoms with Crippen molar-refractivity contribution in [2.45, 2.75) is 39.0 Å². The maximum atomic E-state index is 14.4. The molecule has 0 unspecified atom stereocenters. The standard InChI is InChI=1S/C23H29ClFN3O4/c1-15(16-5-8-28(9-6-16)23-26-13-17(24)14-27-23)7-10-32-18-11-20(25)19(3-4-22(29)30)21(12-18)31-2/h11-16H,3-10H2,1-2H3,(H,29,30)/t15-/m1/s1. The number of halogens is 2. The first-order valence-corrected chi connectivity index (χ1v) is 11.2. The van der Waals surface area contributed by atoms with Crippen molar-refractivity contribution in [3.05, 3.63) is 40.9 Å². The van der Waals surface area contributed by atoms with Crippen LogP contribution in [0.5, 0.6) is 11.5 Å². The van der Waals surface area contributed by atoms with E-state index in [0.29, 0.717) is 40.9 Å². The van der Waals surface area contributed by atoms with Crippen molar-refractivity contribution < 1.29 is 23.8 Å². The Bertz CT molecular complexity index is 905. The number of ether oxygens (including phenoxy) is 2. The van der Waals surface area contributed by atoms with Gasteiger partial charge in [0.2, 0.25) is 5.95 Å². The number of hydrogen-bond acceptors (Lipinski definition) is 6. The summed E-state index contributed by atoms with van der Waals surface area (Å²) in [5, 5.41) is 9.37. The molecular formula is C23H29ClFN3O4. The molecule has 1 aromatic heterocycles. The summed E-state index contributed by atoms with van der Waals surface area (Å²) in [6, 6.07) is 2.92. The molecule has 1 atom stereocenters. The number of carbonyl (C=O) groups is 1. The van der Waals surface area contributed by atoms with Gasteiger partial charge >= 0.3 is 5.97 Å². The van der Waals surface area contributed by atoms with Crippen LogP contribution in [0.4, 0.5) is 10.3 Å². The second-order valence-corrected chi connectivity index (χ2v) is 8.56. The number of carboxylic acids is 1. The molecule has 1 saturated heterocycles. The van der Waals surface area contributed by atoms with Gasteiger partial charge in [0, 0.05) is 37.2 Å². The molecule has 0 radical (unpaired) electrons. The Kier molecular flexibility index (Phi) is 8.50. The second kappa shape index (κ2) is 11.3. The van der Waals surface area contributed by atoms with Gasteiger partial charge in [-0.1, -0.05) is 18.5 Å². The van der Waals surface area contributed by atoms with E-state index >= 15 is 0 Å². The van der Waals surface area contributed by atoms with Gasteiger partial charge in [-0.15, -0.1) is 0 Å². The summed E-state index contributed by atoms with van der Waals surface area (Å²) in [5.41, 5.74) is 0.257. The second-order valence-electron chi connectivity index (χ2n) is 8.12. The van der Waals surface area contributed by atoms with E-state index in [4.69, 9.17) is 26.2 Å². The van der Waals surface area contributed by atoms with Crippen molar-refractivity contribution >= 4 is 23.5 Å². The van der Waals surface area contributed by atoms with Crippen LogP contribution in [0.25, 0.3) is 0 Å². The lowest BCUT2D eigenvalue weighted by Crippen LogP contribution is -2.36. The lowest BCUT2D eigenvalue weighted by molar-refractivity contribution is -0.136. The topological polar surface area (TPSA) is 84.8 Å². The van der Waals surface area contributed by atoms with E-state index in [1.54, 1.807) is 18.5 Å². The van der Waals surface area contributed by atoms with E-state index in [9.17, 15) is 9.18 Å². The Balaban J connectivity index is 1.47. The average Bonchev–Trinajstić information content (AvgIpc) is 2.78. The molecule has 2 heterocycles. The summed E-state index contributed by atoms with van der Waals surface area (Å²) in [6.07, 6.45) is 6.10. The normalized spacial score (nSPS) is 15.4. The van der Waals surface area contributed by atoms with Gasteiger partial charge in [-0.25, -0.2) is 14.4 Å². The minimum atomic E-state index is -0.979. The van der Waals surface area contributed by atoms with Gasteiger partial charge in [0.05, 0.1) is 31.1 Å². The molecule has 2 aromatic rings. The number of carboxylic acid groups (broad SMARTS) is 1. The number of hydrogen-bond donors (Lipinski definition) is 1. The third kappa shape index (κ3) is 6.45. The minimum Gasteiger partial charge on any atom is -0.496 e. The Morgan fingerprint density at radius 1 is 1.31 bits per heavy atom. The van der Waals surface area contributed by atoms with Crippen LogP contribution in [0.1, 0.15) is 38.2 Å². The van der Waals surface area contributed by atoms with E-state index in [2.05, 4.69) is 21.8 Å². The summed E-state index contributed by atoms with van der Waals surface area (Å²) in [4.78, 5) is 21.6. The van der Waals surface area contributed by atoms with Crippen molar-refractivity contribution in [2.24, 2.45) is 11.8 Å². The monoisotopic (exact) mass is 465 g/mol. The highest BCUT2D eigenvalue weighted by Crippen LogP contribution is 2.31.